The van der Waals surface area contributed by atoms with E-state index in [1.165, 1.54) is 0 Å². The maximum atomic E-state index is 12.9. The minimum atomic E-state index is -0.156. The molecule has 156 valence electrons. The smallest absolute Gasteiger partial charge is 0.244 e. The summed E-state index contributed by atoms with van der Waals surface area (Å²) < 4.78 is 5.33. The van der Waals surface area contributed by atoms with Gasteiger partial charge in [-0.15, -0.1) is 0 Å². The van der Waals surface area contributed by atoms with Gasteiger partial charge in [-0.3, -0.25) is 9.78 Å². The Kier molecular flexibility index (Phi) is 6.03. The molecular weight excluding hydrogens is 390 g/mol. The normalized spacial score (nSPS) is 10.6. The van der Waals surface area contributed by atoms with Crippen LogP contribution in [0.25, 0.3) is 22.3 Å². The highest BCUT2D eigenvalue weighted by molar-refractivity contribution is 5.97. The number of nitrogens with one attached hydrogen (secondary N) is 1. The van der Waals surface area contributed by atoms with E-state index in [1.54, 1.807) is 19.5 Å². The van der Waals surface area contributed by atoms with Crippen molar-refractivity contribution < 1.29 is 9.53 Å². The Morgan fingerprint density at radius 1 is 1.03 bits per heavy atom. The molecule has 4 aromatic rings. The van der Waals surface area contributed by atoms with Crippen molar-refractivity contribution in [2.75, 3.05) is 30.4 Å². The summed E-state index contributed by atoms with van der Waals surface area (Å²) >= 11 is 0. The SMILES string of the molecule is CCN(CC(=O)Nc1ccccc1OC)c1nc(-c2cccnc2)nc2ccccc12. The molecule has 0 aliphatic carbocycles. The summed E-state index contributed by atoms with van der Waals surface area (Å²) in [6.45, 7) is 2.74. The fourth-order valence-electron chi connectivity index (χ4n) is 3.37. The standard InChI is InChI=1S/C24H23N5O2/c1-3-29(16-22(30)26-20-12-6-7-13-21(20)31-2)24-18-10-4-5-11-19(18)27-23(28-24)17-9-8-14-25-15-17/h4-15H,3,16H2,1-2H3,(H,26,30). The number of aromatic nitrogens is 3. The van der Waals surface area contributed by atoms with Crippen LogP contribution >= 0.6 is 0 Å². The lowest BCUT2D eigenvalue weighted by molar-refractivity contribution is -0.115. The van der Waals surface area contributed by atoms with Crippen molar-refractivity contribution in [3.05, 3.63) is 73.1 Å². The summed E-state index contributed by atoms with van der Waals surface area (Å²) in [5, 5.41) is 3.82. The van der Waals surface area contributed by atoms with Crippen LogP contribution in [0.3, 0.4) is 0 Å². The summed E-state index contributed by atoms with van der Waals surface area (Å²) in [4.78, 5) is 28.5. The molecule has 0 saturated heterocycles. The van der Waals surface area contributed by atoms with Gasteiger partial charge in [0, 0.05) is 29.9 Å². The molecule has 0 radical (unpaired) electrons. The van der Waals surface area contributed by atoms with E-state index in [4.69, 9.17) is 14.7 Å². The number of hydrogen-bond donors (Lipinski definition) is 1. The molecule has 0 saturated carbocycles. The van der Waals surface area contributed by atoms with Crippen LogP contribution in [0.2, 0.25) is 0 Å². The molecule has 4 rings (SSSR count). The Labute approximate surface area is 180 Å². The first-order valence-corrected chi connectivity index (χ1v) is 10.0. The van der Waals surface area contributed by atoms with Crippen molar-refractivity contribution in [2.24, 2.45) is 0 Å². The van der Waals surface area contributed by atoms with Crippen LogP contribution in [0.1, 0.15) is 6.92 Å². The highest BCUT2D eigenvalue weighted by Gasteiger charge is 2.18. The number of anilines is 2. The first-order chi connectivity index (χ1) is 15.2. The van der Waals surface area contributed by atoms with E-state index < -0.39 is 0 Å². The number of para-hydroxylation sites is 3. The molecule has 2 heterocycles. The molecule has 31 heavy (non-hydrogen) atoms. The Morgan fingerprint density at radius 2 is 1.84 bits per heavy atom. The van der Waals surface area contributed by atoms with Crippen LogP contribution in [0, 0.1) is 0 Å². The molecule has 7 heteroatoms. The zero-order valence-corrected chi connectivity index (χ0v) is 17.4. The molecule has 0 fully saturated rings. The number of benzene rings is 2. The van der Waals surface area contributed by atoms with E-state index in [0.717, 1.165) is 16.5 Å². The predicted octanol–water partition coefficient (Wildman–Crippen LogP) is 4.17. The number of nitrogens with zero attached hydrogens (tertiary/aromatic N) is 4. The first kappa shape index (κ1) is 20.3. The van der Waals surface area contributed by atoms with Crippen molar-refractivity contribution in [3.8, 4) is 17.1 Å². The lowest BCUT2D eigenvalue weighted by Crippen LogP contribution is -2.34. The molecule has 0 atom stereocenters. The Hall–Kier alpha value is -4.00. The molecule has 2 aromatic carbocycles. The summed E-state index contributed by atoms with van der Waals surface area (Å²) in [7, 11) is 1.58. The van der Waals surface area contributed by atoms with Crippen LogP contribution in [-0.4, -0.2) is 41.1 Å². The van der Waals surface area contributed by atoms with Crippen LogP contribution in [-0.2, 0) is 4.79 Å². The van der Waals surface area contributed by atoms with E-state index in [-0.39, 0.29) is 12.5 Å². The third-order valence-electron chi connectivity index (χ3n) is 4.90. The van der Waals surface area contributed by atoms with Gasteiger partial charge in [0.15, 0.2) is 5.82 Å². The van der Waals surface area contributed by atoms with Crippen LogP contribution in [0.4, 0.5) is 11.5 Å². The molecule has 1 N–H and O–H groups in total. The van der Waals surface area contributed by atoms with Gasteiger partial charge in [0.05, 0.1) is 24.9 Å². The maximum absolute atomic E-state index is 12.9. The zero-order valence-electron chi connectivity index (χ0n) is 17.4. The van der Waals surface area contributed by atoms with E-state index in [2.05, 4.69) is 10.3 Å². The molecule has 7 nitrogen and oxygen atoms in total. The molecule has 0 bridgehead atoms. The minimum absolute atomic E-state index is 0.141. The lowest BCUT2D eigenvalue weighted by atomic mass is 10.2. The van der Waals surface area contributed by atoms with Crippen molar-refractivity contribution in [1.82, 2.24) is 15.0 Å². The van der Waals surface area contributed by atoms with Crippen LogP contribution < -0.4 is 15.0 Å². The Morgan fingerprint density at radius 3 is 2.61 bits per heavy atom. The number of amides is 1. The van der Waals surface area contributed by atoms with Crippen molar-refractivity contribution in [1.29, 1.82) is 0 Å². The molecule has 0 spiro atoms. The summed E-state index contributed by atoms with van der Waals surface area (Å²) in [6, 6.07) is 18.9. The minimum Gasteiger partial charge on any atom is -0.495 e. The van der Waals surface area contributed by atoms with Crippen molar-refractivity contribution in [3.63, 3.8) is 0 Å². The number of carbonyl (C=O) groups is 1. The van der Waals surface area contributed by atoms with E-state index in [0.29, 0.717) is 29.6 Å². The largest absolute Gasteiger partial charge is 0.495 e. The third-order valence-corrected chi connectivity index (χ3v) is 4.90. The lowest BCUT2D eigenvalue weighted by Gasteiger charge is -2.23. The molecule has 0 unspecified atom stereocenters. The highest BCUT2D eigenvalue weighted by Crippen LogP contribution is 2.28. The second kappa shape index (κ2) is 9.21. The van der Waals surface area contributed by atoms with Gasteiger partial charge in [-0.2, -0.15) is 0 Å². The maximum Gasteiger partial charge on any atom is 0.244 e. The number of ether oxygens (including phenoxy) is 1. The van der Waals surface area contributed by atoms with E-state index >= 15 is 0 Å². The average Bonchev–Trinajstić information content (AvgIpc) is 2.83. The predicted molar refractivity (Wildman–Crippen MR) is 122 cm³/mol. The first-order valence-electron chi connectivity index (χ1n) is 10.0. The molecule has 0 aliphatic rings. The zero-order chi connectivity index (χ0) is 21.6. The molecule has 2 aromatic heterocycles. The molecular formula is C24H23N5O2. The fraction of sp³-hybridized carbons (Fsp3) is 0.167. The van der Waals surface area contributed by atoms with Gasteiger partial charge < -0.3 is 15.0 Å². The highest BCUT2D eigenvalue weighted by atomic mass is 16.5. The monoisotopic (exact) mass is 413 g/mol. The number of methoxy groups -OCH3 is 1. The Bertz CT molecular complexity index is 1200. The topological polar surface area (TPSA) is 80.2 Å². The number of likely N-dealkylation sites (N-methyl/N-ethyl adjacent to an activating group) is 1. The van der Waals surface area contributed by atoms with Crippen LogP contribution in [0.5, 0.6) is 5.75 Å². The van der Waals surface area contributed by atoms with Gasteiger partial charge in [-0.05, 0) is 43.3 Å². The van der Waals surface area contributed by atoms with E-state index in [9.17, 15) is 4.79 Å². The quantitative estimate of drug-likeness (QED) is 0.490. The van der Waals surface area contributed by atoms with Gasteiger partial charge >= 0.3 is 0 Å². The number of carbonyl (C=O) groups excluding carboxylic acids is 1. The van der Waals surface area contributed by atoms with Gasteiger partial charge in [-0.1, -0.05) is 24.3 Å². The van der Waals surface area contributed by atoms with Gasteiger partial charge in [0.1, 0.15) is 11.6 Å². The second-order valence-electron chi connectivity index (χ2n) is 6.89. The van der Waals surface area contributed by atoms with Crippen molar-refractivity contribution >= 4 is 28.3 Å². The number of pyridine rings is 1. The second-order valence-corrected chi connectivity index (χ2v) is 6.89. The van der Waals surface area contributed by atoms with Gasteiger partial charge in [-0.25, -0.2) is 9.97 Å². The van der Waals surface area contributed by atoms with E-state index in [1.807, 2.05) is 72.5 Å². The number of rotatable bonds is 7. The molecule has 0 aliphatic heterocycles. The summed E-state index contributed by atoms with van der Waals surface area (Å²) in [5.41, 5.74) is 2.27. The van der Waals surface area contributed by atoms with Crippen LogP contribution in [0.15, 0.2) is 73.1 Å². The third kappa shape index (κ3) is 4.45. The summed E-state index contributed by atoms with van der Waals surface area (Å²) in [6.07, 6.45) is 3.45. The Balaban J connectivity index is 1.67. The van der Waals surface area contributed by atoms with Gasteiger partial charge in [0.25, 0.3) is 0 Å². The van der Waals surface area contributed by atoms with Gasteiger partial charge in [0.2, 0.25) is 5.91 Å². The average molecular weight is 413 g/mol. The van der Waals surface area contributed by atoms with Crippen molar-refractivity contribution in [2.45, 2.75) is 6.92 Å². The number of fused-ring (bicyclic) bond motifs is 1. The fourth-order valence-corrected chi connectivity index (χ4v) is 3.37. The molecule has 1 amide bonds. The number of hydrogen-bond acceptors (Lipinski definition) is 6. The summed E-state index contributed by atoms with van der Waals surface area (Å²) in [5.74, 6) is 1.75.